The van der Waals surface area contributed by atoms with E-state index in [4.69, 9.17) is 0 Å². The largest absolute Gasteiger partial charge is 0.351 e. The molecule has 1 N–H and O–H groups in total. The van der Waals surface area contributed by atoms with Gasteiger partial charge in [-0.05, 0) is 29.7 Å². The van der Waals surface area contributed by atoms with Crippen molar-refractivity contribution < 1.29 is 4.79 Å². The lowest BCUT2D eigenvalue weighted by atomic mass is 10.2. The SMILES string of the molecule is O=C(CSc1nnc(-c2ccncc2)n1Cc1ccccc1)NC1CCN(Cc2ccccc2)C1. The maximum Gasteiger partial charge on any atom is 0.230 e. The van der Waals surface area contributed by atoms with Crippen molar-refractivity contribution in [2.24, 2.45) is 0 Å². The van der Waals surface area contributed by atoms with Crippen molar-refractivity contribution in [3.05, 3.63) is 96.3 Å². The van der Waals surface area contributed by atoms with Gasteiger partial charge in [0.05, 0.1) is 12.3 Å². The van der Waals surface area contributed by atoms with E-state index in [-0.39, 0.29) is 11.9 Å². The molecular formula is C27H28N6OS. The molecule has 178 valence electrons. The summed E-state index contributed by atoms with van der Waals surface area (Å²) in [6.45, 7) is 3.42. The first-order chi connectivity index (χ1) is 17.2. The summed E-state index contributed by atoms with van der Waals surface area (Å²) < 4.78 is 2.07. The lowest BCUT2D eigenvalue weighted by Gasteiger charge is -2.17. The Balaban J connectivity index is 1.21. The number of amides is 1. The molecule has 2 aromatic carbocycles. The Morgan fingerprint density at radius 1 is 0.914 bits per heavy atom. The van der Waals surface area contributed by atoms with Crippen LogP contribution in [0.4, 0.5) is 0 Å². The number of benzene rings is 2. The van der Waals surface area contributed by atoms with Crippen molar-refractivity contribution in [1.29, 1.82) is 0 Å². The van der Waals surface area contributed by atoms with E-state index in [0.29, 0.717) is 12.3 Å². The smallest absolute Gasteiger partial charge is 0.230 e. The molecule has 1 fully saturated rings. The van der Waals surface area contributed by atoms with Gasteiger partial charge in [0.25, 0.3) is 0 Å². The van der Waals surface area contributed by atoms with Crippen LogP contribution in [-0.4, -0.2) is 55.4 Å². The molecule has 0 aliphatic carbocycles. The third-order valence-electron chi connectivity index (χ3n) is 6.06. The highest BCUT2D eigenvalue weighted by atomic mass is 32.2. The minimum atomic E-state index is 0.0290. The fourth-order valence-corrected chi connectivity index (χ4v) is 5.10. The normalized spacial score (nSPS) is 15.8. The number of nitrogens with zero attached hydrogens (tertiary/aromatic N) is 5. The number of thioether (sulfide) groups is 1. The van der Waals surface area contributed by atoms with E-state index in [1.165, 1.54) is 17.3 Å². The summed E-state index contributed by atoms with van der Waals surface area (Å²) in [5.41, 5.74) is 3.40. The Labute approximate surface area is 209 Å². The van der Waals surface area contributed by atoms with Gasteiger partial charge in [0.2, 0.25) is 5.91 Å². The summed E-state index contributed by atoms with van der Waals surface area (Å²) in [7, 11) is 0. The molecule has 0 saturated carbocycles. The summed E-state index contributed by atoms with van der Waals surface area (Å²) in [6, 6.07) is 24.7. The molecule has 2 aromatic heterocycles. The molecule has 4 aromatic rings. The molecule has 1 saturated heterocycles. The zero-order chi connectivity index (χ0) is 23.9. The molecule has 1 atom stereocenters. The van der Waals surface area contributed by atoms with Gasteiger partial charge < -0.3 is 5.32 Å². The van der Waals surface area contributed by atoms with Crippen LogP contribution in [-0.2, 0) is 17.9 Å². The molecule has 0 spiro atoms. The highest BCUT2D eigenvalue weighted by Crippen LogP contribution is 2.25. The van der Waals surface area contributed by atoms with Crippen LogP contribution in [0.1, 0.15) is 17.5 Å². The fraction of sp³-hybridized carbons (Fsp3) is 0.259. The lowest BCUT2D eigenvalue weighted by Crippen LogP contribution is -2.38. The maximum atomic E-state index is 12.8. The molecular weight excluding hydrogens is 456 g/mol. The summed E-state index contributed by atoms with van der Waals surface area (Å²) in [5.74, 6) is 1.10. The molecule has 35 heavy (non-hydrogen) atoms. The van der Waals surface area contributed by atoms with Crippen LogP contribution in [0.3, 0.4) is 0 Å². The predicted octanol–water partition coefficient (Wildman–Crippen LogP) is 3.87. The van der Waals surface area contributed by atoms with Gasteiger partial charge in [0.1, 0.15) is 0 Å². The van der Waals surface area contributed by atoms with Crippen molar-refractivity contribution in [3.63, 3.8) is 0 Å². The Morgan fingerprint density at radius 3 is 2.31 bits per heavy atom. The van der Waals surface area contributed by atoms with E-state index < -0.39 is 0 Å². The lowest BCUT2D eigenvalue weighted by molar-refractivity contribution is -0.119. The van der Waals surface area contributed by atoms with E-state index in [1.807, 2.05) is 36.4 Å². The van der Waals surface area contributed by atoms with E-state index >= 15 is 0 Å². The van der Waals surface area contributed by atoms with Crippen molar-refractivity contribution in [1.82, 2.24) is 30.0 Å². The second-order valence-electron chi connectivity index (χ2n) is 8.68. The minimum absolute atomic E-state index is 0.0290. The van der Waals surface area contributed by atoms with E-state index in [1.54, 1.807) is 12.4 Å². The topological polar surface area (TPSA) is 75.9 Å². The number of likely N-dealkylation sites (tertiary alicyclic amines) is 1. The van der Waals surface area contributed by atoms with Crippen LogP contribution in [0.5, 0.6) is 0 Å². The number of aromatic nitrogens is 4. The zero-order valence-corrected chi connectivity index (χ0v) is 20.3. The second kappa shape index (κ2) is 11.3. The maximum absolute atomic E-state index is 12.8. The molecule has 0 bridgehead atoms. The van der Waals surface area contributed by atoms with Crippen molar-refractivity contribution >= 4 is 17.7 Å². The number of carbonyl (C=O) groups is 1. The van der Waals surface area contributed by atoms with Crippen molar-refractivity contribution in [2.75, 3.05) is 18.8 Å². The number of hydrogen-bond donors (Lipinski definition) is 1. The first-order valence-corrected chi connectivity index (χ1v) is 12.8. The fourth-order valence-electron chi connectivity index (χ4n) is 4.35. The second-order valence-corrected chi connectivity index (χ2v) is 9.62. The van der Waals surface area contributed by atoms with Crippen LogP contribution in [0.2, 0.25) is 0 Å². The molecule has 1 aliphatic heterocycles. The zero-order valence-electron chi connectivity index (χ0n) is 19.5. The molecule has 8 heteroatoms. The highest BCUT2D eigenvalue weighted by molar-refractivity contribution is 7.99. The van der Waals surface area contributed by atoms with Gasteiger partial charge in [-0.1, -0.05) is 72.4 Å². The Hall–Kier alpha value is -3.49. The third-order valence-corrected chi connectivity index (χ3v) is 7.02. The van der Waals surface area contributed by atoms with Crippen molar-refractivity contribution in [2.45, 2.75) is 30.7 Å². The van der Waals surface area contributed by atoms with Gasteiger partial charge in [-0.25, -0.2) is 0 Å². The van der Waals surface area contributed by atoms with Crippen LogP contribution >= 0.6 is 11.8 Å². The Bertz CT molecular complexity index is 1230. The number of hydrogen-bond acceptors (Lipinski definition) is 6. The van der Waals surface area contributed by atoms with Gasteiger partial charge in [0.15, 0.2) is 11.0 Å². The summed E-state index contributed by atoms with van der Waals surface area (Å²) in [4.78, 5) is 19.3. The molecule has 0 radical (unpaired) electrons. The summed E-state index contributed by atoms with van der Waals surface area (Å²) in [6.07, 6.45) is 4.47. The average Bonchev–Trinajstić information content (AvgIpc) is 3.51. The van der Waals surface area contributed by atoms with Gasteiger partial charge in [-0.15, -0.1) is 10.2 Å². The van der Waals surface area contributed by atoms with Crippen molar-refractivity contribution in [3.8, 4) is 11.4 Å². The van der Waals surface area contributed by atoms with E-state index in [2.05, 4.69) is 66.4 Å². The number of pyridine rings is 1. The average molecular weight is 485 g/mol. The first-order valence-electron chi connectivity index (χ1n) is 11.8. The van der Waals surface area contributed by atoms with E-state index in [0.717, 1.165) is 48.2 Å². The highest BCUT2D eigenvalue weighted by Gasteiger charge is 2.24. The molecule has 7 nitrogen and oxygen atoms in total. The Morgan fingerprint density at radius 2 is 1.60 bits per heavy atom. The molecule has 5 rings (SSSR count). The quantitative estimate of drug-likeness (QED) is 0.364. The minimum Gasteiger partial charge on any atom is -0.351 e. The van der Waals surface area contributed by atoms with Crippen LogP contribution in [0.25, 0.3) is 11.4 Å². The number of nitrogens with one attached hydrogen (secondary N) is 1. The number of carbonyl (C=O) groups excluding carboxylic acids is 1. The Kier molecular flexibility index (Phi) is 7.50. The van der Waals surface area contributed by atoms with Gasteiger partial charge >= 0.3 is 0 Å². The van der Waals surface area contributed by atoms with Crippen LogP contribution in [0, 0.1) is 0 Å². The van der Waals surface area contributed by atoms with Gasteiger partial charge in [0, 0.05) is 43.6 Å². The van der Waals surface area contributed by atoms with Crippen LogP contribution in [0.15, 0.2) is 90.3 Å². The first kappa shape index (κ1) is 23.3. The molecule has 1 unspecified atom stereocenters. The van der Waals surface area contributed by atoms with E-state index in [9.17, 15) is 4.79 Å². The standard InChI is InChI=1S/C27H28N6OS/c34-25(29-24-13-16-32(19-24)17-21-7-3-1-4-8-21)20-35-27-31-30-26(23-11-14-28-15-12-23)33(27)18-22-9-5-2-6-10-22/h1-12,14-15,24H,13,16-20H2,(H,29,34). The number of rotatable bonds is 9. The monoisotopic (exact) mass is 484 g/mol. The summed E-state index contributed by atoms with van der Waals surface area (Å²) in [5, 5.41) is 12.8. The summed E-state index contributed by atoms with van der Waals surface area (Å²) >= 11 is 1.42. The third kappa shape index (κ3) is 6.15. The molecule has 1 amide bonds. The van der Waals surface area contributed by atoms with Gasteiger partial charge in [-0.2, -0.15) is 0 Å². The molecule has 3 heterocycles. The predicted molar refractivity (Wildman–Crippen MR) is 138 cm³/mol. The van der Waals surface area contributed by atoms with Gasteiger partial charge in [-0.3, -0.25) is 19.2 Å². The molecule has 1 aliphatic rings. The van der Waals surface area contributed by atoms with Crippen LogP contribution < -0.4 is 5.32 Å².